The fourth-order valence-electron chi connectivity index (χ4n) is 1.79. The van der Waals surface area contributed by atoms with Crippen LogP contribution in [0.5, 0.6) is 17.2 Å². The molecule has 0 aromatic heterocycles. The highest BCUT2D eigenvalue weighted by atomic mass is 79.9. The summed E-state index contributed by atoms with van der Waals surface area (Å²) < 4.78 is 11.5. The second-order valence-corrected chi connectivity index (χ2v) is 6.01. The zero-order valence-corrected chi connectivity index (χ0v) is 12.8. The summed E-state index contributed by atoms with van der Waals surface area (Å²) in [4.78, 5) is 0.810. The zero-order chi connectivity index (χ0) is 13.9. The molecule has 1 aliphatic heterocycles. The van der Waals surface area contributed by atoms with E-state index in [1.165, 1.54) is 11.8 Å². The summed E-state index contributed by atoms with van der Waals surface area (Å²) in [7, 11) is 0. The van der Waals surface area contributed by atoms with Crippen LogP contribution in [0.3, 0.4) is 0 Å². The summed E-state index contributed by atoms with van der Waals surface area (Å²) in [5, 5.41) is 11.7. The van der Waals surface area contributed by atoms with Gasteiger partial charge in [0.15, 0.2) is 11.5 Å². The van der Waals surface area contributed by atoms with Gasteiger partial charge in [0.05, 0.1) is 4.90 Å². The van der Waals surface area contributed by atoms with Crippen molar-refractivity contribution in [2.24, 2.45) is 0 Å². The van der Waals surface area contributed by atoms with Crippen molar-refractivity contribution in [1.29, 1.82) is 0 Å². The first kappa shape index (κ1) is 13.4. The highest BCUT2D eigenvalue weighted by Gasteiger charge is 2.12. The third-order valence-corrected chi connectivity index (χ3v) is 4.14. The lowest BCUT2D eigenvalue weighted by Crippen LogP contribution is -1.92. The van der Waals surface area contributed by atoms with Gasteiger partial charge in [-0.3, -0.25) is 0 Å². The maximum absolute atomic E-state index is 9.79. The maximum Gasteiger partial charge on any atom is 0.231 e. The SMILES string of the molecule is Oc1cc(Br)ccc1S/C=C/c1ccc2c(c1)OCO2. The van der Waals surface area contributed by atoms with Crippen LogP contribution in [-0.4, -0.2) is 11.9 Å². The Morgan fingerprint density at radius 1 is 1.10 bits per heavy atom. The monoisotopic (exact) mass is 350 g/mol. The fraction of sp³-hybridized carbons (Fsp3) is 0.0667. The minimum Gasteiger partial charge on any atom is -0.507 e. The van der Waals surface area contributed by atoms with Gasteiger partial charge in [0.1, 0.15) is 5.75 Å². The molecule has 20 heavy (non-hydrogen) atoms. The minimum atomic E-state index is 0.264. The zero-order valence-electron chi connectivity index (χ0n) is 10.4. The number of benzene rings is 2. The Kier molecular flexibility index (Phi) is 3.89. The van der Waals surface area contributed by atoms with Gasteiger partial charge < -0.3 is 14.6 Å². The summed E-state index contributed by atoms with van der Waals surface area (Å²) in [6.07, 6.45) is 1.97. The molecular weight excluding hydrogens is 340 g/mol. The second-order valence-electron chi connectivity index (χ2n) is 4.15. The molecule has 3 rings (SSSR count). The van der Waals surface area contributed by atoms with Crippen molar-refractivity contribution in [2.75, 3.05) is 6.79 Å². The van der Waals surface area contributed by atoms with Crippen LogP contribution >= 0.6 is 27.7 Å². The molecule has 0 amide bonds. The lowest BCUT2D eigenvalue weighted by molar-refractivity contribution is 0.174. The van der Waals surface area contributed by atoms with Gasteiger partial charge >= 0.3 is 0 Å². The Bertz CT molecular complexity index is 670. The van der Waals surface area contributed by atoms with Gasteiger partial charge in [-0.05, 0) is 47.4 Å². The van der Waals surface area contributed by atoms with E-state index in [9.17, 15) is 5.11 Å². The molecule has 2 aromatic carbocycles. The largest absolute Gasteiger partial charge is 0.507 e. The number of halogens is 1. The maximum atomic E-state index is 9.79. The molecule has 1 aliphatic rings. The first-order chi connectivity index (χ1) is 9.72. The van der Waals surface area contributed by atoms with Crippen molar-refractivity contribution in [3.05, 3.63) is 51.8 Å². The molecule has 0 bridgehead atoms. The number of hydrogen-bond donors (Lipinski definition) is 1. The predicted octanol–water partition coefficient (Wildman–Crippen LogP) is 4.65. The quantitative estimate of drug-likeness (QED) is 0.818. The third kappa shape index (κ3) is 2.94. The Morgan fingerprint density at radius 3 is 2.80 bits per heavy atom. The molecule has 0 spiro atoms. The molecular formula is C15H11BrO3S. The predicted molar refractivity (Wildman–Crippen MR) is 83.3 cm³/mol. The Morgan fingerprint density at radius 2 is 1.95 bits per heavy atom. The minimum absolute atomic E-state index is 0.264. The van der Waals surface area contributed by atoms with Gasteiger partial charge in [-0.15, -0.1) is 0 Å². The Hall–Kier alpha value is -1.59. The molecule has 0 unspecified atom stereocenters. The average Bonchev–Trinajstić information content (AvgIpc) is 2.89. The van der Waals surface area contributed by atoms with Crippen molar-refractivity contribution in [2.45, 2.75) is 4.90 Å². The van der Waals surface area contributed by atoms with Gasteiger partial charge in [-0.2, -0.15) is 0 Å². The number of aromatic hydroxyl groups is 1. The van der Waals surface area contributed by atoms with E-state index in [1.54, 1.807) is 6.07 Å². The van der Waals surface area contributed by atoms with Crippen LogP contribution in [0.15, 0.2) is 51.2 Å². The lowest BCUT2D eigenvalue weighted by Gasteiger charge is -2.01. The van der Waals surface area contributed by atoms with Gasteiger partial charge in [0.25, 0.3) is 0 Å². The number of ether oxygens (including phenoxy) is 2. The van der Waals surface area contributed by atoms with Crippen molar-refractivity contribution in [3.8, 4) is 17.2 Å². The van der Waals surface area contributed by atoms with Gasteiger partial charge in [-0.1, -0.05) is 33.8 Å². The summed E-state index contributed by atoms with van der Waals surface area (Å²) in [6, 6.07) is 11.2. The van der Waals surface area contributed by atoms with E-state index in [0.717, 1.165) is 26.4 Å². The number of phenols is 1. The van der Waals surface area contributed by atoms with E-state index in [1.807, 2.05) is 41.8 Å². The van der Waals surface area contributed by atoms with E-state index in [2.05, 4.69) is 15.9 Å². The molecule has 0 saturated heterocycles. The molecule has 1 N–H and O–H groups in total. The molecule has 0 fully saturated rings. The van der Waals surface area contributed by atoms with Crippen LogP contribution in [0.1, 0.15) is 5.56 Å². The van der Waals surface area contributed by atoms with Crippen LogP contribution in [0.4, 0.5) is 0 Å². The third-order valence-electron chi connectivity index (χ3n) is 2.77. The Balaban J connectivity index is 1.71. The smallest absolute Gasteiger partial charge is 0.231 e. The van der Waals surface area contributed by atoms with Crippen LogP contribution in [0.2, 0.25) is 0 Å². The van der Waals surface area contributed by atoms with Crippen LogP contribution in [0.25, 0.3) is 6.08 Å². The molecule has 0 radical (unpaired) electrons. The van der Waals surface area contributed by atoms with Crippen molar-refractivity contribution in [1.82, 2.24) is 0 Å². The van der Waals surface area contributed by atoms with Crippen LogP contribution in [0, 0.1) is 0 Å². The topological polar surface area (TPSA) is 38.7 Å². The summed E-state index contributed by atoms with van der Waals surface area (Å²) in [5.74, 6) is 1.81. The van der Waals surface area contributed by atoms with E-state index in [0.29, 0.717) is 0 Å². The van der Waals surface area contributed by atoms with E-state index >= 15 is 0 Å². The van der Waals surface area contributed by atoms with Crippen LogP contribution in [-0.2, 0) is 0 Å². The van der Waals surface area contributed by atoms with Gasteiger partial charge in [0, 0.05) is 4.47 Å². The molecule has 0 saturated carbocycles. The van der Waals surface area contributed by atoms with E-state index in [4.69, 9.17) is 9.47 Å². The Labute approximate surface area is 129 Å². The van der Waals surface area contributed by atoms with Crippen molar-refractivity contribution < 1.29 is 14.6 Å². The molecule has 5 heteroatoms. The molecule has 0 aliphatic carbocycles. The van der Waals surface area contributed by atoms with E-state index < -0.39 is 0 Å². The van der Waals surface area contributed by atoms with Crippen molar-refractivity contribution >= 4 is 33.8 Å². The molecule has 2 aromatic rings. The first-order valence-electron chi connectivity index (χ1n) is 5.94. The highest BCUT2D eigenvalue weighted by Crippen LogP contribution is 2.34. The number of fused-ring (bicyclic) bond motifs is 1. The number of thioether (sulfide) groups is 1. The highest BCUT2D eigenvalue weighted by molar-refractivity contribution is 9.10. The molecule has 3 nitrogen and oxygen atoms in total. The number of phenolic OH excluding ortho intramolecular Hbond substituents is 1. The van der Waals surface area contributed by atoms with Crippen molar-refractivity contribution in [3.63, 3.8) is 0 Å². The number of hydrogen-bond acceptors (Lipinski definition) is 4. The standard InChI is InChI=1S/C15H11BrO3S/c16-11-2-4-15(12(17)8-11)20-6-5-10-1-3-13-14(7-10)19-9-18-13/h1-8,17H,9H2/b6-5+. The second kappa shape index (κ2) is 5.81. The normalized spacial score (nSPS) is 13.1. The summed E-state index contributed by atoms with van der Waals surface area (Å²) >= 11 is 4.78. The lowest BCUT2D eigenvalue weighted by atomic mass is 10.2. The van der Waals surface area contributed by atoms with Crippen LogP contribution < -0.4 is 9.47 Å². The molecule has 1 heterocycles. The van der Waals surface area contributed by atoms with Gasteiger partial charge in [-0.25, -0.2) is 0 Å². The summed E-state index contributed by atoms with van der Waals surface area (Å²) in [6.45, 7) is 0.282. The number of rotatable bonds is 3. The summed E-state index contributed by atoms with van der Waals surface area (Å²) in [5.41, 5.74) is 1.03. The van der Waals surface area contributed by atoms with E-state index in [-0.39, 0.29) is 12.5 Å². The molecule has 102 valence electrons. The first-order valence-corrected chi connectivity index (χ1v) is 7.61. The van der Waals surface area contributed by atoms with Gasteiger partial charge in [0.2, 0.25) is 6.79 Å². The average molecular weight is 351 g/mol. The fourth-order valence-corrected chi connectivity index (χ4v) is 2.84. The molecule has 0 atom stereocenters.